The zero-order chi connectivity index (χ0) is 10.7. The van der Waals surface area contributed by atoms with Crippen LogP contribution in [0.4, 0.5) is 0 Å². The second-order valence-electron chi connectivity index (χ2n) is 3.40. The van der Waals surface area contributed by atoms with E-state index < -0.39 is 0 Å². The maximum atomic E-state index is 11.4. The van der Waals surface area contributed by atoms with Crippen molar-refractivity contribution in [2.24, 2.45) is 0 Å². The maximum Gasteiger partial charge on any atom is 0.165 e. The summed E-state index contributed by atoms with van der Waals surface area (Å²) in [6.07, 6.45) is 10.0. The van der Waals surface area contributed by atoms with Gasteiger partial charge >= 0.3 is 0 Å². The quantitative estimate of drug-likeness (QED) is 0.693. The fourth-order valence-corrected chi connectivity index (χ4v) is 1.65. The average molecular weight is 204 g/mol. The summed E-state index contributed by atoms with van der Waals surface area (Å²) in [5.74, 6) is 0.687. The number of ether oxygens (including phenoxy) is 2. The van der Waals surface area contributed by atoms with E-state index in [0.29, 0.717) is 11.3 Å². The zero-order valence-corrected chi connectivity index (χ0v) is 8.53. The van der Waals surface area contributed by atoms with Crippen LogP contribution in [0.2, 0.25) is 0 Å². The van der Waals surface area contributed by atoms with Crippen LogP contribution in [0.5, 0.6) is 0 Å². The van der Waals surface area contributed by atoms with Crippen molar-refractivity contribution in [2.75, 3.05) is 0 Å². The van der Waals surface area contributed by atoms with Crippen molar-refractivity contribution < 1.29 is 14.3 Å². The molecule has 0 aromatic heterocycles. The summed E-state index contributed by atoms with van der Waals surface area (Å²) in [4.78, 5) is 11.4. The van der Waals surface area contributed by atoms with E-state index in [0.717, 1.165) is 18.4 Å². The van der Waals surface area contributed by atoms with Crippen LogP contribution in [-0.2, 0) is 14.3 Å². The average Bonchev–Trinajstić information content (AvgIpc) is 2.30. The SMILES string of the molecule is CC(=O)C1=C(C2=COC=CO2)CCC=C1. The highest BCUT2D eigenvalue weighted by Crippen LogP contribution is 2.28. The van der Waals surface area contributed by atoms with Crippen molar-refractivity contribution in [3.8, 4) is 0 Å². The molecule has 3 nitrogen and oxygen atoms in total. The minimum atomic E-state index is 0.0556. The molecule has 0 spiro atoms. The summed E-state index contributed by atoms with van der Waals surface area (Å²) in [6.45, 7) is 1.56. The normalized spacial score (nSPS) is 19.4. The second-order valence-corrected chi connectivity index (χ2v) is 3.40. The van der Waals surface area contributed by atoms with Crippen LogP contribution in [0.25, 0.3) is 0 Å². The molecule has 0 saturated carbocycles. The molecule has 0 amide bonds. The van der Waals surface area contributed by atoms with E-state index in [9.17, 15) is 4.79 Å². The van der Waals surface area contributed by atoms with Gasteiger partial charge in [0.15, 0.2) is 11.5 Å². The first kappa shape index (κ1) is 9.77. The first-order chi connectivity index (χ1) is 7.29. The summed E-state index contributed by atoms with van der Waals surface area (Å²) in [5, 5.41) is 0. The summed E-state index contributed by atoms with van der Waals surface area (Å²) in [6, 6.07) is 0. The lowest BCUT2D eigenvalue weighted by atomic mass is 9.94. The number of allylic oxidation sites excluding steroid dienone is 4. The molecule has 0 saturated heterocycles. The Hall–Kier alpha value is -1.77. The van der Waals surface area contributed by atoms with Gasteiger partial charge in [0.25, 0.3) is 0 Å². The molecule has 1 aliphatic heterocycles. The molecule has 0 N–H and O–H groups in total. The molecule has 0 unspecified atom stereocenters. The molecule has 78 valence electrons. The molecule has 0 fully saturated rings. The van der Waals surface area contributed by atoms with E-state index in [1.165, 1.54) is 18.8 Å². The van der Waals surface area contributed by atoms with Gasteiger partial charge in [0.1, 0.15) is 18.8 Å². The highest BCUT2D eigenvalue weighted by Gasteiger charge is 2.18. The van der Waals surface area contributed by atoms with Crippen LogP contribution < -0.4 is 0 Å². The van der Waals surface area contributed by atoms with Crippen molar-refractivity contribution in [3.05, 3.63) is 47.8 Å². The molecule has 0 atom stereocenters. The van der Waals surface area contributed by atoms with Crippen molar-refractivity contribution in [3.63, 3.8) is 0 Å². The third kappa shape index (κ3) is 2.01. The van der Waals surface area contributed by atoms with E-state index in [4.69, 9.17) is 9.47 Å². The summed E-state index contributed by atoms with van der Waals surface area (Å²) in [7, 11) is 0. The molecule has 0 aromatic rings. The Balaban J connectivity index is 2.35. The Morgan fingerprint density at radius 1 is 1.40 bits per heavy atom. The minimum absolute atomic E-state index is 0.0556. The lowest BCUT2D eigenvalue weighted by Crippen LogP contribution is -2.07. The number of carbonyl (C=O) groups excluding carboxylic acids is 1. The smallest absolute Gasteiger partial charge is 0.165 e. The number of rotatable bonds is 2. The number of Topliss-reactive ketones (excluding diaryl/α,β-unsaturated/α-hetero) is 1. The van der Waals surface area contributed by atoms with Crippen LogP contribution in [0.1, 0.15) is 19.8 Å². The zero-order valence-electron chi connectivity index (χ0n) is 8.53. The van der Waals surface area contributed by atoms with Gasteiger partial charge < -0.3 is 9.47 Å². The summed E-state index contributed by atoms with van der Waals surface area (Å²) < 4.78 is 10.3. The minimum Gasteiger partial charge on any atom is -0.466 e. The van der Waals surface area contributed by atoms with E-state index in [1.54, 1.807) is 6.92 Å². The largest absolute Gasteiger partial charge is 0.466 e. The maximum absolute atomic E-state index is 11.4. The highest BCUT2D eigenvalue weighted by molar-refractivity contribution is 5.97. The molecule has 0 aromatic carbocycles. The predicted octanol–water partition coefficient (Wildman–Crippen LogP) is 2.58. The molecular formula is C12H12O3. The Morgan fingerprint density at radius 2 is 2.27 bits per heavy atom. The van der Waals surface area contributed by atoms with Gasteiger partial charge in [-0.2, -0.15) is 0 Å². The summed E-state index contributed by atoms with van der Waals surface area (Å²) in [5.41, 5.74) is 1.64. The predicted molar refractivity (Wildman–Crippen MR) is 55.5 cm³/mol. The van der Waals surface area contributed by atoms with Crippen molar-refractivity contribution >= 4 is 5.78 Å². The lowest BCUT2D eigenvalue weighted by Gasteiger charge is -2.17. The number of ketones is 1. The highest BCUT2D eigenvalue weighted by atomic mass is 16.5. The van der Waals surface area contributed by atoms with Crippen LogP contribution in [-0.4, -0.2) is 5.78 Å². The van der Waals surface area contributed by atoms with Gasteiger partial charge in [0.2, 0.25) is 0 Å². The molecule has 0 radical (unpaired) electrons. The fourth-order valence-electron chi connectivity index (χ4n) is 1.65. The van der Waals surface area contributed by atoms with Crippen LogP contribution in [0.15, 0.2) is 47.8 Å². The topological polar surface area (TPSA) is 35.5 Å². The Kier molecular flexibility index (Phi) is 2.72. The Bertz CT molecular complexity index is 397. The monoisotopic (exact) mass is 204 g/mol. The molecule has 15 heavy (non-hydrogen) atoms. The number of hydrogen-bond acceptors (Lipinski definition) is 3. The Morgan fingerprint density at radius 3 is 2.93 bits per heavy atom. The second kappa shape index (κ2) is 4.17. The fraction of sp³-hybridized carbons (Fsp3) is 0.250. The molecule has 0 bridgehead atoms. The van der Waals surface area contributed by atoms with Crippen molar-refractivity contribution in [1.29, 1.82) is 0 Å². The first-order valence-electron chi connectivity index (χ1n) is 4.87. The van der Waals surface area contributed by atoms with Crippen molar-refractivity contribution in [2.45, 2.75) is 19.8 Å². The van der Waals surface area contributed by atoms with Gasteiger partial charge in [0, 0.05) is 11.1 Å². The molecular weight excluding hydrogens is 192 g/mol. The Labute approximate surface area is 88.4 Å². The summed E-state index contributed by atoms with van der Waals surface area (Å²) >= 11 is 0. The van der Waals surface area contributed by atoms with E-state index in [1.807, 2.05) is 12.2 Å². The van der Waals surface area contributed by atoms with Crippen LogP contribution >= 0.6 is 0 Å². The third-order valence-electron chi connectivity index (χ3n) is 2.35. The van der Waals surface area contributed by atoms with E-state index in [2.05, 4.69) is 0 Å². The van der Waals surface area contributed by atoms with Crippen LogP contribution in [0, 0.1) is 0 Å². The van der Waals surface area contributed by atoms with Crippen LogP contribution in [0.3, 0.4) is 0 Å². The third-order valence-corrected chi connectivity index (χ3v) is 2.35. The molecule has 3 heteroatoms. The molecule has 1 aliphatic carbocycles. The van der Waals surface area contributed by atoms with Gasteiger partial charge in [-0.1, -0.05) is 12.2 Å². The first-order valence-corrected chi connectivity index (χ1v) is 4.87. The van der Waals surface area contributed by atoms with Gasteiger partial charge in [-0.3, -0.25) is 4.79 Å². The molecule has 2 rings (SSSR count). The lowest BCUT2D eigenvalue weighted by molar-refractivity contribution is -0.113. The standard InChI is InChI=1S/C12H12O3/c1-9(13)10-4-2-3-5-11(10)12-8-14-6-7-15-12/h2,4,6-8H,3,5H2,1H3. The van der Waals surface area contributed by atoms with Gasteiger partial charge in [-0.25, -0.2) is 0 Å². The van der Waals surface area contributed by atoms with Gasteiger partial charge in [-0.15, -0.1) is 0 Å². The van der Waals surface area contributed by atoms with E-state index in [-0.39, 0.29) is 5.78 Å². The van der Waals surface area contributed by atoms with Gasteiger partial charge in [-0.05, 0) is 19.8 Å². The van der Waals surface area contributed by atoms with E-state index >= 15 is 0 Å². The molecule has 2 aliphatic rings. The number of hydrogen-bond donors (Lipinski definition) is 0. The van der Waals surface area contributed by atoms with Gasteiger partial charge in [0.05, 0.1) is 0 Å². The van der Waals surface area contributed by atoms with Crippen molar-refractivity contribution in [1.82, 2.24) is 0 Å². The molecule has 1 heterocycles. The number of carbonyl (C=O) groups is 1.